The number of hydrogen-bond acceptors (Lipinski definition) is 2. The fourth-order valence-electron chi connectivity index (χ4n) is 0.975. The first kappa shape index (κ1) is 8.34. The Balaban J connectivity index is 3.13. The van der Waals surface area contributed by atoms with Crippen LogP contribution in [0.2, 0.25) is 0 Å². The van der Waals surface area contributed by atoms with Crippen molar-refractivity contribution in [3.05, 3.63) is 23.5 Å². The Bertz CT molecular complexity index is 250. The van der Waals surface area contributed by atoms with Gasteiger partial charge in [-0.15, -0.1) is 11.6 Å². The Morgan fingerprint density at radius 1 is 1.64 bits per heavy atom. The van der Waals surface area contributed by atoms with Gasteiger partial charge in [-0.05, 0) is 18.6 Å². The molecule has 60 valence electrons. The highest BCUT2D eigenvalue weighted by atomic mass is 35.5. The minimum Gasteiger partial charge on any atom is -0.495 e. The number of alkyl halides is 1. The standard InChI is InChI=1S/C8H10ClNO/c1-6-3-4-10-7(5-9)8(6)11-2/h3-4H,5H2,1-2H3. The molecule has 0 fully saturated rings. The van der Waals surface area contributed by atoms with Crippen LogP contribution in [-0.4, -0.2) is 12.1 Å². The third kappa shape index (κ3) is 1.63. The maximum atomic E-state index is 5.64. The van der Waals surface area contributed by atoms with Crippen LogP contribution < -0.4 is 4.74 Å². The predicted octanol–water partition coefficient (Wildman–Crippen LogP) is 2.14. The van der Waals surface area contributed by atoms with Crippen LogP contribution in [0.4, 0.5) is 0 Å². The summed E-state index contributed by atoms with van der Waals surface area (Å²) in [4.78, 5) is 4.07. The molecule has 1 rings (SSSR count). The van der Waals surface area contributed by atoms with Crippen molar-refractivity contribution in [3.63, 3.8) is 0 Å². The molecule has 0 radical (unpaired) electrons. The lowest BCUT2D eigenvalue weighted by molar-refractivity contribution is 0.405. The van der Waals surface area contributed by atoms with Gasteiger partial charge in [0.15, 0.2) is 0 Å². The molecule has 0 aromatic carbocycles. The van der Waals surface area contributed by atoms with Crippen LogP contribution in [-0.2, 0) is 5.88 Å². The number of pyridine rings is 1. The third-order valence-electron chi connectivity index (χ3n) is 1.51. The maximum Gasteiger partial charge on any atom is 0.144 e. The second-order valence-corrected chi connectivity index (χ2v) is 2.51. The summed E-state index contributed by atoms with van der Waals surface area (Å²) in [5, 5.41) is 0. The zero-order valence-corrected chi connectivity index (χ0v) is 7.35. The summed E-state index contributed by atoms with van der Waals surface area (Å²) in [6.07, 6.45) is 1.73. The average Bonchev–Trinajstić information content (AvgIpc) is 2.04. The SMILES string of the molecule is COc1c(C)ccnc1CCl. The Morgan fingerprint density at radius 2 is 2.36 bits per heavy atom. The van der Waals surface area contributed by atoms with E-state index >= 15 is 0 Å². The third-order valence-corrected chi connectivity index (χ3v) is 1.76. The molecule has 2 nitrogen and oxygen atoms in total. The maximum absolute atomic E-state index is 5.64. The van der Waals surface area contributed by atoms with Crippen molar-refractivity contribution in [3.8, 4) is 5.75 Å². The van der Waals surface area contributed by atoms with E-state index in [1.807, 2.05) is 13.0 Å². The second-order valence-electron chi connectivity index (χ2n) is 2.24. The van der Waals surface area contributed by atoms with E-state index in [4.69, 9.17) is 16.3 Å². The van der Waals surface area contributed by atoms with Crippen molar-refractivity contribution in [2.45, 2.75) is 12.8 Å². The largest absolute Gasteiger partial charge is 0.495 e. The first-order valence-electron chi connectivity index (χ1n) is 3.34. The fourth-order valence-corrected chi connectivity index (χ4v) is 1.17. The number of rotatable bonds is 2. The molecule has 3 heteroatoms. The van der Waals surface area contributed by atoms with Gasteiger partial charge in [0.2, 0.25) is 0 Å². The number of ether oxygens (including phenoxy) is 1. The van der Waals surface area contributed by atoms with Crippen molar-refractivity contribution in [1.82, 2.24) is 4.98 Å². The molecular weight excluding hydrogens is 162 g/mol. The normalized spacial score (nSPS) is 9.73. The molecule has 1 aromatic rings. The average molecular weight is 172 g/mol. The Morgan fingerprint density at radius 3 is 2.82 bits per heavy atom. The van der Waals surface area contributed by atoms with E-state index < -0.39 is 0 Å². The summed E-state index contributed by atoms with van der Waals surface area (Å²) in [7, 11) is 1.63. The molecular formula is C8H10ClNO. The summed E-state index contributed by atoms with van der Waals surface area (Å²) >= 11 is 5.64. The van der Waals surface area contributed by atoms with Gasteiger partial charge < -0.3 is 4.74 Å². The lowest BCUT2D eigenvalue weighted by Gasteiger charge is -2.06. The molecule has 0 amide bonds. The number of aryl methyl sites for hydroxylation is 1. The van der Waals surface area contributed by atoms with Crippen LogP contribution in [0.3, 0.4) is 0 Å². The molecule has 0 atom stereocenters. The van der Waals surface area contributed by atoms with E-state index in [2.05, 4.69) is 4.98 Å². The highest BCUT2D eigenvalue weighted by Gasteiger charge is 2.04. The van der Waals surface area contributed by atoms with Gasteiger partial charge in [0, 0.05) is 6.20 Å². The smallest absolute Gasteiger partial charge is 0.144 e. The fraction of sp³-hybridized carbons (Fsp3) is 0.375. The molecule has 0 aliphatic heterocycles. The highest BCUT2D eigenvalue weighted by molar-refractivity contribution is 6.17. The van der Waals surface area contributed by atoms with Crippen molar-refractivity contribution in [2.24, 2.45) is 0 Å². The van der Waals surface area contributed by atoms with Crippen LogP contribution >= 0.6 is 11.6 Å². The van der Waals surface area contributed by atoms with Gasteiger partial charge >= 0.3 is 0 Å². The van der Waals surface area contributed by atoms with Crippen molar-refractivity contribution in [1.29, 1.82) is 0 Å². The van der Waals surface area contributed by atoms with Gasteiger partial charge in [-0.2, -0.15) is 0 Å². The molecule has 0 saturated carbocycles. The van der Waals surface area contributed by atoms with Crippen molar-refractivity contribution < 1.29 is 4.74 Å². The lowest BCUT2D eigenvalue weighted by Crippen LogP contribution is -1.94. The second kappa shape index (κ2) is 3.58. The summed E-state index contributed by atoms with van der Waals surface area (Å²) in [5.41, 5.74) is 1.87. The minimum absolute atomic E-state index is 0.394. The molecule has 1 aromatic heterocycles. The van der Waals surface area contributed by atoms with Crippen LogP contribution in [0.5, 0.6) is 5.75 Å². The molecule has 0 N–H and O–H groups in total. The summed E-state index contributed by atoms with van der Waals surface area (Å²) in [5.74, 6) is 1.19. The van der Waals surface area contributed by atoms with Gasteiger partial charge in [0.05, 0.1) is 18.7 Å². The van der Waals surface area contributed by atoms with Gasteiger partial charge in [0.25, 0.3) is 0 Å². The minimum atomic E-state index is 0.394. The number of halogens is 1. The van der Waals surface area contributed by atoms with Crippen LogP contribution in [0.1, 0.15) is 11.3 Å². The molecule has 0 aliphatic carbocycles. The molecule has 0 spiro atoms. The van der Waals surface area contributed by atoms with E-state index in [9.17, 15) is 0 Å². The topological polar surface area (TPSA) is 22.1 Å². The molecule has 1 heterocycles. The number of aromatic nitrogens is 1. The van der Waals surface area contributed by atoms with Gasteiger partial charge in [0.1, 0.15) is 5.75 Å². The van der Waals surface area contributed by atoms with E-state index in [0.29, 0.717) is 5.88 Å². The van der Waals surface area contributed by atoms with E-state index in [-0.39, 0.29) is 0 Å². The zero-order chi connectivity index (χ0) is 8.27. The van der Waals surface area contributed by atoms with E-state index in [1.54, 1.807) is 13.3 Å². The summed E-state index contributed by atoms with van der Waals surface area (Å²) in [6, 6.07) is 1.90. The Hall–Kier alpha value is -0.760. The van der Waals surface area contributed by atoms with E-state index in [0.717, 1.165) is 17.0 Å². The lowest BCUT2D eigenvalue weighted by atomic mass is 10.2. The Kier molecular flexibility index (Phi) is 2.71. The predicted molar refractivity (Wildman–Crippen MR) is 45.1 cm³/mol. The van der Waals surface area contributed by atoms with Crippen LogP contribution in [0.25, 0.3) is 0 Å². The monoisotopic (exact) mass is 171 g/mol. The van der Waals surface area contributed by atoms with Crippen LogP contribution in [0.15, 0.2) is 12.3 Å². The molecule has 0 bridgehead atoms. The molecule has 0 saturated heterocycles. The first-order chi connectivity index (χ1) is 5.29. The number of methoxy groups -OCH3 is 1. The van der Waals surface area contributed by atoms with Crippen molar-refractivity contribution >= 4 is 11.6 Å². The molecule has 11 heavy (non-hydrogen) atoms. The van der Waals surface area contributed by atoms with Crippen molar-refractivity contribution in [2.75, 3.05) is 7.11 Å². The van der Waals surface area contributed by atoms with Gasteiger partial charge in [-0.1, -0.05) is 0 Å². The molecule has 0 unspecified atom stereocenters. The Labute approximate surface area is 71.2 Å². The quantitative estimate of drug-likeness (QED) is 0.637. The van der Waals surface area contributed by atoms with Crippen LogP contribution in [0, 0.1) is 6.92 Å². The summed E-state index contributed by atoms with van der Waals surface area (Å²) < 4.78 is 5.12. The first-order valence-corrected chi connectivity index (χ1v) is 3.87. The zero-order valence-electron chi connectivity index (χ0n) is 6.60. The number of hydrogen-bond donors (Lipinski definition) is 0. The van der Waals surface area contributed by atoms with Gasteiger partial charge in [-0.3, -0.25) is 4.98 Å². The number of nitrogens with zero attached hydrogens (tertiary/aromatic N) is 1. The van der Waals surface area contributed by atoms with Gasteiger partial charge in [-0.25, -0.2) is 0 Å². The highest BCUT2D eigenvalue weighted by Crippen LogP contribution is 2.21. The summed E-state index contributed by atoms with van der Waals surface area (Å²) in [6.45, 7) is 1.97. The molecule has 0 aliphatic rings. The van der Waals surface area contributed by atoms with E-state index in [1.165, 1.54) is 0 Å².